The monoisotopic (exact) mass is 329 g/mol. The zero-order valence-corrected chi connectivity index (χ0v) is 14.3. The Balaban J connectivity index is 2.47. The molecule has 0 aliphatic heterocycles. The Kier molecular flexibility index (Phi) is 5.92. The van der Waals surface area contributed by atoms with Gasteiger partial charge in [0.05, 0.1) is 6.04 Å². The molecule has 2 rings (SSSR count). The zero-order valence-electron chi connectivity index (χ0n) is 12.8. The molecule has 118 valence electrons. The fourth-order valence-electron chi connectivity index (χ4n) is 3.90. The van der Waals surface area contributed by atoms with E-state index in [1.165, 1.54) is 12.8 Å². The Bertz CT molecular complexity index is 469. The van der Waals surface area contributed by atoms with E-state index in [9.17, 15) is 0 Å². The highest BCUT2D eigenvalue weighted by Crippen LogP contribution is 2.46. The first-order chi connectivity index (χ1) is 10.1. The van der Waals surface area contributed by atoms with Gasteiger partial charge >= 0.3 is 0 Å². The molecular formula is C16H25Cl2N3. The third-order valence-corrected chi connectivity index (χ3v) is 5.41. The molecule has 1 aliphatic carbocycles. The van der Waals surface area contributed by atoms with E-state index in [1.54, 1.807) is 0 Å². The quantitative estimate of drug-likeness (QED) is 0.608. The molecule has 0 radical (unpaired) electrons. The van der Waals surface area contributed by atoms with E-state index in [0.717, 1.165) is 36.5 Å². The second-order valence-corrected chi connectivity index (χ2v) is 6.59. The van der Waals surface area contributed by atoms with Gasteiger partial charge in [-0.2, -0.15) is 0 Å². The fraction of sp³-hybridized carbons (Fsp3) is 0.625. The van der Waals surface area contributed by atoms with Crippen molar-refractivity contribution in [2.24, 2.45) is 5.84 Å². The fourth-order valence-corrected chi connectivity index (χ4v) is 4.31. The second-order valence-electron chi connectivity index (χ2n) is 5.75. The van der Waals surface area contributed by atoms with E-state index in [0.29, 0.717) is 5.02 Å². The van der Waals surface area contributed by atoms with Crippen LogP contribution >= 0.6 is 23.2 Å². The van der Waals surface area contributed by atoms with Gasteiger partial charge in [0.25, 0.3) is 0 Å². The van der Waals surface area contributed by atoms with Crippen molar-refractivity contribution in [2.75, 3.05) is 13.1 Å². The number of benzene rings is 1. The van der Waals surface area contributed by atoms with Gasteiger partial charge in [-0.3, -0.25) is 16.2 Å². The maximum atomic E-state index is 6.43. The van der Waals surface area contributed by atoms with Crippen LogP contribution in [0, 0.1) is 0 Å². The van der Waals surface area contributed by atoms with Crippen LogP contribution in [-0.4, -0.2) is 23.5 Å². The molecule has 1 atom stereocenters. The third kappa shape index (κ3) is 3.22. The van der Waals surface area contributed by atoms with Crippen LogP contribution in [0.4, 0.5) is 0 Å². The molecule has 3 N–H and O–H groups in total. The lowest BCUT2D eigenvalue weighted by molar-refractivity contribution is 0.0626. The number of rotatable bonds is 6. The summed E-state index contributed by atoms with van der Waals surface area (Å²) in [7, 11) is 0. The van der Waals surface area contributed by atoms with E-state index in [2.05, 4.69) is 24.2 Å². The van der Waals surface area contributed by atoms with Crippen LogP contribution in [0.2, 0.25) is 10.0 Å². The number of hydrazine groups is 1. The summed E-state index contributed by atoms with van der Waals surface area (Å²) >= 11 is 12.6. The maximum Gasteiger partial charge on any atom is 0.0658 e. The van der Waals surface area contributed by atoms with E-state index in [-0.39, 0.29) is 11.6 Å². The van der Waals surface area contributed by atoms with Crippen molar-refractivity contribution in [2.45, 2.75) is 51.1 Å². The van der Waals surface area contributed by atoms with Gasteiger partial charge in [0.15, 0.2) is 0 Å². The summed E-state index contributed by atoms with van der Waals surface area (Å²) in [5, 5.41) is 1.42. The van der Waals surface area contributed by atoms with E-state index < -0.39 is 0 Å². The van der Waals surface area contributed by atoms with Gasteiger partial charge in [0, 0.05) is 15.6 Å². The Morgan fingerprint density at radius 2 is 1.86 bits per heavy atom. The average Bonchev–Trinajstić information content (AvgIpc) is 2.95. The van der Waals surface area contributed by atoms with Crippen LogP contribution in [0.15, 0.2) is 18.2 Å². The van der Waals surface area contributed by atoms with Gasteiger partial charge in [0.2, 0.25) is 0 Å². The lowest BCUT2D eigenvalue weighted by Gasteiger charge is -2.46. The zero-order chi connectivity index (χ0) is 15.5. The number of likely N-dealkylation sites (N-methyl/N-ethyl adjacent to an activating group) is 1. The Morgan fingerprint density at radius 3 is 2.38 bits per heavy atom. The molecule has 0 bridgehead atoms. The molecule has 5 heteroatoms. The molecule has 1 fully saturated rings. The molecule has 1 aromatic rings. The highest BCUT2D eigenvalue weighted by molar-refractivity contribution is 6.33. The Labute approximate surface area is 137 Å². The third-order valence-electron chi connectivity index (χ3n) is 4.84. The summed E-state index contributed by atoms with van der Waals surface area (Å²) in [6.45, 7) is 6.42. The summed E-state index contributed by atoms with van der Waals surface area (Å²) in [5.41, 5.74) is 4.05. The molecule has 1 aromatic carbocycles. The number of halogens is 2. The first-order valence-corrected chi connectivity index (χ1v) is 8.50. The Morgan fingerprint density at radius 1 is 1.24 bits per heavy atom. The standard InChI is InChI=1S/C16H25Cl2N3/c1-3-21(4-2)16(9-5-6-10-16)15(20-19)13-11-12(17)7-8-14(13)18/h7-8,11,15,20H,3-6,9-10,19H2,1-2H3. The molecule has 1 saturated carbocycles. The number of nitrogens with one attached hydrogen (secondary N) is 1. The summed E-state index contributed by atoms with van der Waals surface area (Å²) in [6.07, 6.45) is 4.72. The molecule has 1 aliphatic rings. The molecule has 0 amide bonds. The van der Waals surface area contributed by atoms with Crippen LogP contribution in [0.3, 0.4) is 0 Å². The van der Waals surface area contributed by atoms with E-state index in [1.807, 2.05) is 18.2 Å². The molecule has 3 nitrogen and oxygen atoms in total. The highest BCUT2D eigenvalue weighted by Gasteiger charge is 2.45. The molecule has 0 spiro atoms. The highest BCUT2D eigenvalue weighted by atomic mass is 35.5. The smallest absolute Gasteiger partial charge is 0.0658 e. The van der Waals surface area contributed by atoms with Crippen molar-refractivity contribution in [3.63, 3.8) is 0 Å². The molecule has 21 heavy (non-hydrogen) atoms. The summed E-state index contributed by atoms with van der Waals surface area (Å²) in [6, 6.07) is 5.61. The largest absolute Gasteiger partial charge is 0.296 e. The van der Waals surface area contributed by atoms with Crippen molar-refractivity contribution < 1.29 is 0 Å². The van der Waals surface area contributed by atoms with Gasteiger partial charge in [-0.1, -0.05) is 49.9 Å². The number of hydrogen-bond donors (Lipinski definition) is 2. The van der Waals surface area contributed by atoms with E-state index in [4.69, 9.17) is 29.0 Å². The molecular weight excluding hydrogens is 305 g/mol. The molecule has 0 saturated heterocycles. The van der Waals surface area contributed by atoms with Crippen LogP contribution in [0.5, 0.6) is 0 Å². The first kappa shape index (κ1) is 17.0. The van der Waals surface area contributed by atoms with Crippen molar-refractivity contribution >= 4 is 23.2 Å². The lowest BCUT2D eigenvalue weighted by Crippen LogP contribution is -2.56. The van der Waals surface area contributed by atoms with Crippen LogP contribution in [0.25, 0.3) is 0 Å². The molecule has 1 unspecified atom stereocenters. The number of nitrogens with two attached hydrogens (primary N) is 1. The predicted molar refractivity (Wildman–Crippen MR) is 90.6 cm³/mol. The molecule has 0 heterocycles. The maximum absolute atomic E-state index is 6.43. The first-order valence-electron chi connectivity index (χ1n) is 7.75. The van der Waals surface area contributed by atoms with Gasteiger partial charge in [-0.05, 0) is 49.7 Å². The summed E-state index contributed by atoms with van der Waals surface area (Å²) in [4.78, 5) is 2.52. The van der Waals surface area contributed by atoms with Crippen LogP contribution < -0.4 is 11.3 Å². The van der Waals surface area contributed by atoms with Crippen molar-refractivity contribution in [3.05, 3.63) is 33.8 Å². The van der Waals surface area contributed by atoms with Crippen molar-refractivity contribution in [1.29, 1.82) is 0 Å². The van der Waals surface area contributed by atoms with Crippen molar-refractivity contribution in [3.8, 4) is 0 Å². The normalized spacial score (nSPS) is 19.1. The minimum absolute atomic E-state index is 0.00824. The molecule has 0 aromatic heterocycles. The SMILES string of the molecule is CCN(CC)C1(C(NN)c2cc(Cl)ccc2Cl)CCCC1. The average molecular weight is 330 g/mol. The van der Waals surface area contributed by atoms with Crippen LogP contribution in [0.1, 0.15) is 51.1 Å². The second kappa shape index (κ2) is 7.30. The number of hydrogen-bond acceptors (Lipinski definition) is 3. The topological polar surface area (TPSA) is 41.3 Å². The van der Waals surface area contributed by atoms with E-state index >= 15 is 0 Å². The predicted octanol–water partition coefficient (Wildman–Crippen LogP) is 4.15. The minimum Gasteiger partial charge on any atom is -0.296 e. The van der Waals surface area contributed by atoms with Gasteiger partial charge < -0.3 is 0 Å². The Hall–Kier alpha value is -0.320. The number of nitrogens with zero attached hydrogens (tertiary/aromatic N) is 1. The summed E-state index contributed by atoms with van der Waals surface area (Å²) in [5.74, 6) is 5.96. The summed E-state index contributed by atoms with van der Waals surface area (Å²) < 4.78 is 0. The van der Waals surface area contributed by atoms with Gasteiger partial charge in [-0.15, -0.1) is 0 Å². The minimum atomic E-state index is -0.00824. The van der Waals surface area contributed by atoms with Crippen LogP contribution in [-0.2, 0) is 0 Å². The van der Waals surface area contributed by atoms with Gasteiger partial charge in [-0.25, -0.2) is 0 Å². The lowest BCUT2D eigenvalue weighted by atomic mass is 9.82. The van der Waals surface area contributed by atoms with Gasteiger partial charge in [0.1, 0.15) is 0 Å². The van der Waals surface area contributed by atoms with Crippen molar-refractivity contribution in [1.82, 2.24) is 10.3 Å².